The highest BCUT2D eigenvalue weighted by Gasteiger charge is 2.64. The molecular formula is C47H53FN5O9PS. The van der Waals surface area contributed by atoms with Gasteiger partial charge in [-0.1, -0.05) is 67.4 Å². The number of para-hydroxylation sites is 1. The summed E-state index contributed by atoms with van der Waals surface area (Å²) in [5.41, 5.74) is 0.478. The van der Waals surface area contributed by atoms with Crippen LogP contribution in [0, 0.1) is 17.2 Å². The van der Waals surface area contributed by atoms with Crippen molar-refractivity contribution in [2.75, 3.05) is 40.6 Å². The second kappa shape index (κ2) is 19.5. The Morgan fingerprint density at radius 1 is 0.953 bits per heavy atom. The summed E-state index contributed by atoms with van der Waals surface area (Å²) in [6, 6.07) is 23.5. The largest absolute Gasteiger partial charge is 0.462 e. The van der Waals surface area contributed by atoms with Crippen molar-refractivity contribution in [3.05, 3.63) is 101 Å². The highest BCUT2D eigenvalue weighted by Crippen LogP contribution is 2.59. The SMILES string of the molecule is COCCOC(=O)[C@H](COC)NP(=O)(Oc1ccccc1)[C@@H](F)c1ccc2sc(C(=O)N[C@H]3CCCC[C@H]4CC[C@@H](C(=O)N5C[C@H](c6ccccc6)[C@@H](C#N)C56CC6)N4C3=O)cc2c1. The van der Waals surface area contributed by atoms with E-state index in [2.05, 4.69) is 16.5 Å². The number of alkyl halides is 1. The maximum atomic E-state index is 16.8. The molecule has 14 nitrogen and oxygen atoms in total. The average molecular weight is 914 g/mol. The highest BCUT2D eigenvalue weighted by molar-refractivity contribution is 7.57. The quantitative estimate of drug-likeness (QED) is 0.0657. The molecule has 1 spiro atoms. The third-order valence-corrected chi connectivity index (χ3v) is 16.2. The molecule has 4 aliphatic rings. The topological polar surface area (TPSA) is 177 Å². The number of nitrogens with zero attached hydrogens (tertiary/aromatic N) is 3. The molecule has 338 valence electrons. The van der Waals surface area contributed by atoms with Crippen molar-refractivity contribution >= 4 is 52.6 Å². The van der Waals surface area contributed by atoms with Crippen LogP contribution >= 0.6 is 18.9 Å². The Morgan fingerprint density at radius 2 is 1.69 bits per heavy atom. The Hall–Kier alpha value is -5.17. The fraction of sp³-hybridized carbons (Fsp3) is 0.468. The minimum atomic E-state index is -4.60. The van der Waals surface area contributed by atoms with Gasteiger partial charge in [0.25, 0.3) is 5.91 Å². The molecular weight excluding hydrogens is 861 g/mol. The van der Waals surface area contributed by atoms with Gasteiger partial charge in [0.1, 0.15) is 30.5 Å². The Morgan fingerprint density at radius 3 is 2.39 bits per heavy atom. The third-order valence-electron chi connectivity index (χ3n) is 13.0. The smallest absolute Gasteiger partial charge is 0.355 e. The number of nitriles is 1. The van der Waals surface area contributed by atoms with Gasteiger partial charge in [-0.05, 0) is 85.4 Å². The van der Waals surface area contributed by atoms with Gasteiger partial charge >= 0.3 is 13.5 Å². The van der Waals surface area contributed by atoms with Crippen molar-refractivity contribution in [1.29, 1.82) is 5.26 Å². The molecule has 0 bridgehead atoms. The first-order chi connectivity index (χ1) is 31.0. The monoisotopic (exact) mass is 913 g/mol. The minimum Gasteiger partial charge on any atom is -0.462 e. The fourth-order valence-electron chi connectivity index (χ4n) is 9.73. The summed E-state index contributed by atoms with van der Waals surface area (Å²) in [5.74, 6) is -4.33. The zero-order valence-electron chi connectivity index (χ0n) is 35.9. The number of ether oxygens (including phenoxy) is 3. The van der Waals surface area contributed by atoms with Crippen LogP contribution < -0.4 is 14.9 Å². The zero-order valence-corrected chi connectivity index (χ0v) is 37.6. The summed E-state index contributed by atoms with van der Waals surface area (Å²) < 4.78 is 53.2. The van der Waals surface area contributed by atoms with Gasteiger partial charge in [-0.3, -0.25) is 23.7 Å². The van der Waals surface area contributed by atoms with E-state index in [1.807, 2.05) is 35.2 Å². The van der Waals surface area contributed by atoms with Gasteiger partial charge in [-0.25, -0.2) is 9.48 Å². The first kappa shape index (κ1) is 45.4. The summed E-state index contributed by atoms with van der Waals surface area (Å²) in [7, 11) is -1.82. The van der Waals surface area contributed by atoms with Crippen LogP contribution in [0.5, 0.6) is 5.75 Å². The molecule has 3 saturated heterocycles. The van der Waals surface area contributed by atoms with E-state index < -0.39 is 49.0 Å². The number of methoxy groups -OCH3 is 2. The van der Waals surface area contributed by atoms with Crippen molar-refractivity contribution in [1.82, 2.24) is 20.2 Å². The second-order valence-electron chi connectivity index (χ2n) is 17.0. The predicted octanol–water partition coefficient (Wildman–Crippen LogP) is 7.27. The standard InChI is InChI=1S/C47H53FN5O9PS/c1-59-23-24-61-46(57)38(29-60-2)51-63(58,62-34-14-7-4-8-15-34)42(48)31-17-20-40-32(25-31)26-41(64-40)43(54)50-37-16-10-9-13-33-18-19-39(53(33)44(37)55)45(56)52-28-35(30-11-5-3-6-12-30)36(27-49)47(52)21-22-47/h3-8,11-12,14-15,17,20,25-26,33,35-39,42H,9-10,13,16,18-19,21-24,28-29H2,1-2H3,(H,50,54)(H,51,58)/t33-,35+,36+,37-,38-,39-,42+,63?/m0/s1. The van der Waals surface area contributed by atoms with Gasteiger partial charge in [0.2, 0.25) is 17.7 Å². The molecule has 1 unspecified atom stereocenters. The van der Waals surface area contributed by atoms with Crippen molar-refractivity contribution in [2.45, 2.75) is 92.9 Å². The lowest BCUT2D eigenvalue weighted by Crippen LogP contribution is -2.57. The molecule has 0 radical (unpaired) electrons. The Labute approximate surface area is 375 Å². The first-order valence-electron chi connectivity index (χ1n) is 21.8. The maximum absolute atomic E-state index is 16.8. The van der Waals surface area contributed by atoms with Crippen molar-refractivity contribution in [2.24, 2.45) is 5.92 Å². The molecule has 4 fully saturated rings. The third kappa shape index (κ3) is 9.19. The van der Waals surface area contributed by atoms with Gasteiger partial charge in [-0.15, -0.1) is 11.3 Å². The number of halogens is 1. The average Bonchev–Trinajstić information content (AvgIpc) is 3.63. The van der Waals surface area contributed by atoms with Crippen LogP contribution in [0.4, 0.5) is 4.39 Å². The van der Waals surface area contributed by atoms with E-state index in [9.17, 15) is 29.0 Å². The van der Waals surface area contributed by atoms with Crippen LogP contribution in [0.15, 0.2) is 84.9 Å². The van der Waals surface area contributed by atoms with Crippen LogP contribution in [0.25, 0.3) is 10.1 Å². The van der Waals surface area contributed by atoms with Gasteiger partial charge in [-0.2, -0.15) is 5.26 Å². The lowest BCUT2D eigenvalue weighted by molar-refractivity contribution is -0.148. The van der Waals surface area contributed by atoms with E-state index in [-0.39, 0.29) is 65.7 Å². The molecule has 1 aromatic heterocycles. The van der Waals surface area contributed by atoms with Gasteiger partial charge in [0.05, 0.1) is 35.6 Å². The van der Waals surface area contributed by atoms with Crippen molar-refractivity contribution in [3.8, 4) is 11.8 Å². The summed E-state index contributed by atoms with van der Waals surface area (Å²) >= 11 is 1.16. The molecule has 2 N–H and O–H groups in total. The van der Waals surface area contributed by atoms with Crippen LogP contribution in [0.3, 0.4) is 0 Å². The lowest BCUT2D eigenvalue weighted by atomic mass is 9.85. The number of nitrogens with one attached hydrogen (secondary N) is 2. The molecule has 8 atom stereocenters. The number of hydrogen-bond acceptors (Lipinski definition) is 11. The lowest BCUT2D eigenvalue weighted by Gasteiger charge is -2.37. The molecule has 17 heteroatoms. The second-order valence-corrected chi connectivity index (χ2v) is 20.2. The number of amides is 3. The summed E-state index contributed by atoms with van der Waals surface area (Å²) in [6.07, 6.45) is 5.45. The molecule has 64 heavy (non-hydrogen) atoms. The number of likely N-dealkylation sites (tertiary alicyclic amines) is 1. The van der Waals surface area contributed by atoms with E-state index in [0.29, 0.717) is 35.9 Å². The Kier molecular flexibility index (Phi) is 13.8. The van der Waals surface area contributed by atoms with Gasteiger partial charge < -0.3 is 33.9 Å². The molecule has 3 amide bonds. The summed E-state index contributed by atoms with van der Waals surface area (Å²) in [4.78, 5) is 60.1. The van der Waals surface area contributed by atoms with E-state index in [1.54, 1.807) is 35.2 Å². The van der Waals surface area contributed by atoms with Crippen LogP contribution in [-0.4, -0.2) is 104 Å². The predicted molar refractivity (Wildman–Crippen MR) is 237 cm³/mol. The number of fused-ring (bicyclic) bond motifs is 2. The molecule has 4 heterocycles. The van der Waals surface area contributed by atoms with Crippen LogP contribution in [0.2, 0.25) is 0 Å². The molecule has 4 aromatic rings. The number of thiophene rings is 1. The van der Waals surface area contributed by atoms with Crippen molar-refractivity contribution in [3.63, 3.8) is 0 Å². The minimum absolute atomic E-state index is 0.0268. The van der Waals surface area contributed by atoms with E-state index in [1.165, 1.54) is 38.5 Å². The number of hydrogen-bond donors (Lipinski definition) is 2. The van der Waals surface area contributed by atoms with Crippen LogP contribution in [0.1, 0.15) is 84.0 Å². The normalized spacial score (nSPS) is 24.5. The van der Waals surface area contributed by atoms with E-state index in [0.717, 1.165) is 49.0 Å². The molecule has 3 aliphatic heterocycles. The van der Waals surface area contributed by atoms with Gasteiger partial charge in [0, 0.05) is 37.4 Å². The number of esters is 1. The van der Waals surface area contributed by atoms with Gasteiger partial charge in [0.15, 0.2) is 0 Å². The number of rotatable bonds is 16. The first-order valence-corrected chi connectivity index (χ1v) is 24.3. The summed E-state index contributed by atoms with van der Waals surface area (Å²) in [6.45, 7) is 0.166. The summed E-state index contributed by atoms with van der Waals surface area (Å²) in [5, 5.41) is 16.4. The molecule has 3 aromatic carbocycles. The Balaban J connectivity index is 0.994. The molecule has 1 aliphatic carbocycles. The number of carbonyl (C=O) groups is 4. The molecule has 8 rings (SSSR count). The highest BCUT2D eigenvalue weighted by atomic mass is 32.1. The number of carbonyl (C=O) groups excluding carboxylic acids is 4. The Bertz CT molecular complexity index is 2430. The fourth-order valence-corrected chi connectivity index (χ4v) is 12.6. The maximum Gasteiger partial charge on any atom is 0.355 e. The van der Waals surface area contributed by atoms with E-state index >= 15 is 4.39 Å². The van der Waals surface area contributed by atoms with E-state index in [4.69, 9.17) is 18.7 Å². The number of benzene rings is 3. The zero-order chi connectivity index (χ0) is 45.0. The van der Waals surface area contributed by atoms with Crippen molar-refractivity contribution < 1.29 is 46.9 Å². The molecule has 1 saturated carbocycles. The van der Waals surface area contributed by atoms with Crippen LogP contribution in [-0.2, 0) is 33.2 Å².